The summed E-state index contributed by atoms with van der Waals surface area (Å²) in [5, 5.41) is 2.98. The molecule has 1 amide bonds. The van der Waals surface area contributed by atoms with Gasteiger partial charge in [-0.05, 0) is 56.1 Å². The van der Waals surface area contributed by atoms with E-state index in [2.05, 4.69) is 35.3 Å². The van der Waals surface area contributed by atoms with Crippen molar-refractivity contribution in [1.29, 1.82) is 0 Å². The lowest BCUT2D eigenvalue weighted by Gasteiger charge is -2.17. The molecule has 2 aromatic carbocycles. The van der Waals surface area contributed by atoms with E-state index >= 15 is 0 Å². The minimum Gasteiger partial charge on any atom is -0.355 e. The highest BCUT2D eigenvalue weighted by Gasteiger charge is 2.11. The van der Waals surface area contributed by atoms with Crippen LogP contribution < -0.4 is 10.2 Å². The average molecular weight is 427 g/mol. The Morgan fingerprint density at radius 3 is 2.56 bits per heavy atom. The molecule has 164 valence electrons. The number of anilines is 1. The topological polar surface area (TPSA) is 47.9 Å². The quantitative estimate of drug-likeness (QED) is 0.257. The van der Waals surface area contributed by atoms with Crippen LogP contribution in [0.3, 0.4) is 0 Å². The van der Waals surface area contributed by atoms with Crippen molar-refractivity contribution in [2.45, 2.75) is 13.3 Å². The molecule has 0 unspecified atom stereocenters. The molecule has 0 saturated carbocycles. The lowest BCUT2D eigenvalue weighted by Crippen LogP contribution is -2.27. The summed E-state index contributed by atoms with van der Waals surface area (Å²) < 4.78 is 0. The Morgan fingerprint density at radius 2 is 1.91 bits per heavy atom. The Bertz CT molecular complexity index is 1030. The molecule has 0 radical (unpaired) electrons. The van der Waals surface area contributed by atoms with Crippen LogP contribution in [-0.2, 0) is 0 Å². The van der Waals surface area contributed by atoms with Crippen LogP contribution in [-0.4, -0.2) is 37.3 Å². The summed E-state index contributed by atoms with van der Waals surface area (Å²) in [6.07, 6.45) is 9.80. The van der Waals surface area contributed by atoms with Crippen LogP contribution in [0.4, 0.5) is 5.69 Å². The molecule has 0 atom stereocenters. The second kappa shape index (κ2) is 13.3. The van der Waals surface area contributed by atoms with Gasteiger partial charge in [-0.1, -0.05) is 49.3 Å². The zero-order valence-corrected chi connectivity index (χ0v) is 18.8. The number of nitrogens with one attached hydrogen (secondary N) is 1. The molecule has 0 aromatic heterocycles. The molecule has 0 spiro atoms. The van der Waals surface area contributed by atoms with E-state index in [4.69, 9.17) is 0 Å². The van der Waals surface area contributed by atoms with Crippen molar-refractivity contribution in [2.24, 2.45) is 4.99 Å². The van der Waals surface area contributed by atoms with Crippen LogP contribution in [0.2, 0.25) is 0 Å². The molecule has 5 nitrogen and oxygen atoms in total. The van der Waals surface area contributed by atoms with Crippen LogP contribution in [0.25, 0.3) is 0 Å². The number of rotatable bonds is 10. The number of carbonyl (C=O) groups excluding carboxylic acids is 1. The number of benzene rings is 2. The first kappa shape index (κ1) is 24.2. The van der Waals surface area contributed by atoms with E-state index < -0.39 is 0 Å². The summed E-state index contributed by atoms with van der Waals surface area (Å²) in [6.45, 7) is 10.9. The molecule has 0 bridgehead atoms. The third-order valence-electron chi connectivity index (χ3n) is 4.54. The fourth-order valence-electron chi connectivity index (χ4n) is 2.98. The highest BCUT2D eigenvalue weighted by molar-refractivity contribution is 5.96. The summed E-state index contributed by atoms with van der Waals surface area (Å²) in [4.78, 5) is 20.6. The first-order valence-electron chi connectivity index (χ1n) is 10.5. The van der Waals surface area contributed by atoms with Gasteiger partial charge in [0.2, 0.25) is 0 Å². The van der Waals surface area contributed by atoms with Crippen molar-refractivity contribution in [2.75, 3.05) is 25.0 Å². The number of carbonyl (C=O) groups is 1. The third-order valence-corrected chi connectivity index (χ3v) is 4.54. The normalized spacial score (nSPS) is 10.4. The largest absolute Gasteiger partial charge is 0.355 e. The number of allylic oxidation sites excluding steroid dienone is 1. The number of amides is 1. The predicted molar refractivity (Wildman–Crippen MR) is 135 cm³/mol. The molecule has 32 heavy (non-hydrogen) atoms. The van der Waals surface area contributed by atoms with Gasteiger partial charge in [0.05, 0.1) is 12.0 Å². The average Bonchev–Trinajstić information content (AvgIpc) is 2.83. The van der Waals surface area contributed by atoms with Gasteiger partial charge in [-0.15, -0.1) is 0 Å². The monoisotopic (exact) mass is 426 g/mol. The lowest BCUT2D eigenvalue weighted by molar-refractivity contribution is 0.0952. The Labute approximate surface area is 191 Å². The second-order valence-electron chi connectivity index (χ2n) is 6.82. The maximum atomic E-state index is 12.7. The van der Waals surface area contributed by atoms with Gasteiger partial charge in [-0.2, -0.15) is 0 Å². The number of hydrogen-bond donors (Lipinski definition) is 1. The van der Waals surface area contributed by atoms with E-state index in [1.54, 1.807) is 42.8 Å². The van der Waals surface area contributed by atoms with Crippen molar-refractivity contribution in [3.63, 3.8) is 0 Å². The Hall–Kier alpha value is -4.04. The first-order valence-corrected chi connectivity index (χ1v) is 10.5. The van der Waals surface area contributed by atoms with Gasteiger partial charge < -0.3 is 15.1 Å². The van der Waals surface area contributed by atoms with Crippen LogP contribution in [0.1, 0.15) is 34.8 Å². The Kier molecular flexibility index (Phi) is 10.1. The van der Waals surface area contributed by atoms with E-state index in [1.165, 1.54) is 0 Å². The number of hydrogen-bond acceptors (Lipinski definition) is 3. The molecule has 0 aliphatic rings. The van der Waals surface area contributed by atoms with Gasteiger partial charge in [0.25, 0.3) is 5.91 Å². The van der Waals surface area contributed by atoms with E-state index in [9.17, 15) is 4.79 Å². The summed E-state index contributed by atoms with van der Waals surface area (Å²) >= 11 is 0. The van der Waals surface area contributed by atoms with Crippen LogP contribution in [0.5, 0.6) is 0 Å². The van der Waals surface area contributed by atoms with Crippen molar-refractivity contribution >= 4 is 17.9 Å². The highest BCUT2D eigenvalue weighted by Crippen LogP contribution is 2.21. The molecule has 1 N–H and O–H groups in total. The Morgan fingerprint density at radius 1 is 1.12 bits per heavy atom. The Balaban J connectivity index is 2.21. The summed E-state index contributed by atoms with van der Waals surface area (Å²) in [5.74, 6) is 6.22. The van der Waals surface area contributed by atoms with E-state index in [1.807, 2.05) is 60.5 Å². The first-order chi connectivity index (χ1) is 15.6. The maximum absolute atomic E-state index is 12.7. The van der Waals surface area contributed by atoms with E-state index in [-0.39, 0.29) is 5.91 Å². The second-order valence-corrected chi connectivity index (χ2v) is 6.82. The fourth-order valence-corrected chi connectivity index (χ4v) is 2.98. The highest BCUT2D eigenvalue weighted by atomic mass is 16.1. The van der Waals surface area contributed by atoms with E-state index in [0.717, 1.165) is 24.2 Å². The zero-order valence-electron chi connectivity index (χ0n) is 18.8. The van der Waals surface area contributed by atoms with Crippen molar-refractivity contribution in [1.82, 2.24) is 10.2 Å². The maximum Gasteiger partial charge on any atom is 0.251 e. The smallest absolute Gasteiger partial charge is 0.251 e. The molecule has 0 aliphatic heterocycles. The van der Waals surface area contributed by atoms with Gasteiger partial charge in [0.15, 0.2) is 0 Å². The van der Waals surface area contributed by atoms with Gasteiger partial charge >= 0.3 is 0 Å². The third kappa shape index (κ3) is 7.33. The van der Waals surface area contributed by atoms with Crippen LogP contribution in [0.15, 0.2) is 91.4 Å². The van der Waals surface area contributed by atoms with Gasteiger partial charge in [0.1, 0.15) is 0 Å². The fraction of sp³-hybridized carbons (Fsp3) is 0.185. The number of aliphatic imine (C=N–C) groups is 1. The van der Waals surface area contributed by atoms with E-state index in [0.29, 0.717) is 17.7 Å². The number of nitrogens with zero attached hydrogens (tertiary/aromatic N) is 3. The van der Waals surface area contributed by atoms with Crippen molar-refractivity contribution in [3.8, 4) is 11.8 Å². The van der Waals surface area contributed by atoms with Crippen molar-refractivity contribution < 1.29 is 4.79 Å². The van der Waals surface area contributed by atoms with Gasteiger partial charge in [0, 0.05) is 43.0 Å². The minimum absolute atomic E-state index is 0.134. The molecular weight excluding hydrogens is 396 g/mol. The molecule has 0 saturated heterocycles. The summed E-state index contributed by atoms with van der Waals surface area (Å²) in [6, 6.07) is 15.2. The lowest BCUT2D eigenvalue weighted by atomic mass is 10.1. The standard InChI is InChI=1S/C27H30N4O/c1-5-19-30(6-2)20-11-18-29-27(32)25-16-17-26(31(7-3)22-28-4)24(21-25)15-14-23-12-9-8-10-13-23/h5-10,12-13,16-17,19,21-22H,2-3,11,18,20H2,1,4H3,(H,29,32)/b19-5-,28-22-. The summed E-state index contributed by atoms with van der Waals surface area (Å²) in [5.41, 5.74) is 2.97. The SMILES string of the molecule is C=CN(/C=C\C)CCCNC(=O)c1ccc(N(C=C)/C=N\C)c(C#Cc2ccccc2)c1. The van der Waals surface area contributed by atoms with Crippen LogP contribution >= 0.6 is 0 Å². The molecule has 5 heteroatoms. The van der Waals surface area contributed by atoms with Crippen LogP contribution in [0, 0.1) is 11.8 Å². The minimum atomic E-state index is -0.134. The summed E-state index contributed by atoms with van der Waals surface area (Å²) in [7, 11) is 1.69. The predicted octanol–water partition coefficient (Wildman–Crippen LogP) is 4.79. The molecule has 2 aromatic rings. The molecule has 2 rings (SSSR count). The zero-order chi connectivity index (χ0) is 23.2. The van der Waals surface area contributed by atoms with Crippen molar-refractivity contribution in [3.05, 3.63) is 103 Å². The molecule has 0 aliphatic carbocycles. The molecule has 0 heterocycles. The molecule has 0 fully saturated rings. The molecular formula is C27H30N4O. The van der Waals surface area contributed by atoms with Gasteiger partial charge in [-0.25, -0.2) is 0 Å². The van der Waals surface area contributed by atoms with Gasteiger partial charge in [-0.3, -0.25) is 9.79 Å².